The lowest BCUT2D eigenvalue weighted by Gasteiger charge is -2.08. The van der Waals surface area contributed by atoms with E-state index in [-0.39, 0.29) is 0 Å². The van der Waals surface area contributed by atoms with Crippen LogP contribution in [0, 0.1) is 0 Å². The highest BCUT2D eigenvalue weighted by Gasteiger charge is 2.07. The van der Waals surface area contributed by atoms with Crippen LogP contribution in [0.4, 0.5) is 0 Å². The number of halogens is 1. The molecular formula is C17H16ClN. The number of fused-ring (bicyclic) bond motifs is 3. The first-order valence-electron chi connectivity index (χ1n) is 6.73. The first-order valence-corrected chi connectivity index (χ1v) is 7.11. The molecule has 1 heterocycles. The number of nitrogens with zero attached hydrogens (tertiary/aromatic N) is 1. The second kappa shape index (κ2) is 4.82. The van der Waals surface area contributed by atoms with E-state index in [0.29, 0.717) is 0 Å². The number of aryl methyl sites for hydroxylation is 2. The minimum atomic E-state index is 0.797. The van der Waals surface area contributed by atoms with Gasteiger partial charge in [0.1, 0.15) is 0 Å². The Bertz CT molecular complexity index is 762. The van der Waals surface area contributed by atoms with Crippen LogP contribution in [0.25, 0.3) is 21.7 Å². The molecule has 0 radical (unpaired) electrons. The predicted octanol–water partition coefficient (Wildman–Crippen LogP) is 5.17. The van der Waals surface area contributed by atoms with E-state index in [1.165, 1.54) is 16.3 Å². The third kappa shape index (κ3) is 2.08. The number of rotatable bonds is 2. The third-order valence-corrected chi connectivity index (χ3v) is 3.95. The summed E-state index contributed by atoms with van der Waals surface area (Å²) in [5, 5.41) is 4.26. The van der Waals surface area contributed by atoms with Crippen LogP contribution in [-0.4, -0.2) is 4.98 Å². The molecule has 0 fully saturated rings. The number of aromatic nitrogens is 1. The van der Waals surface area contributed by atoms with Crippen molar-refractivity contribution < 1.29 is 0 Å². The second-order valence-corrected chi connectivity index (χ2v) is 5.23. The molecule has 0 saturated carbocycles. The minimum absolute atomic E-state index is 0.797. The quantitative estimate of drug-likeness (QED) is 0.585. The molecule has 19 heavy (non-hydrogen) atoms. The van der Waals surface area contributed by atoms with Crippen LogP contribution < -0.4 is 0 Å². The fourth-order valence-electron chi connectivity index (χ4n) is 2.47. The Morgan fingerprint density at radius 3 is 2.47 bits per heavy atom. The smallest absolute Gasteiger partial charge is 0.0798 e. The molecule has 3 rings (SSSR count). The third-order valence-electron chi connectivity index (χ3n) is 3.63. The SMILES string of the molecule is CCc1ccc2ccc3c(Cl)cc(CC)nc3c2c1. The zero-order valence-electron chi connectivity index (χ0n) is 11.2. The predicted molar refractivity (Wildman–Crippen MR) is 83.0 cm³/mol. The topological polar surface area (TPSA) is 12.9 Å². The molecule has 0 aliphatic heterocycles. The summed E-state index contributed by atoms with van der Waals surface area (Å²) in [5.41, 5.74) is 3.41. The molecule has 3 aromatic rings. The fourth-order valence-corrected chi connectivity index (χ4v) is 2.74. The summed E-state index contributed by atoms with van der Waals surface area (Å²) in [6.45, 7) is 4.28. The van der Waals surface area contributed by atoms with Gasteiger partial charge in [-0.2, -0.15) is 0 Å². The van der Waals surface area contributed by atoms with E-state index in [4.69, 9.17) is 16.6 Å². The average molecular weight is 270 g/mol. The average Bonchev–Trinajstić information content (AvgIpc) is 2.46. The molecule has 0 spiro atoms. The van der Waals surface area contributed by atoms with E-state index in [1.807, 2.05) is 6.07 Å². The van der Waals surface area contributed by atoms with Crippen LogP contribution >= 0.6 is 11.6 Å². The maximum atomic E-state index is 6.38. The van der Waals surface area contributed by atoms with Gasteiger partial charge in [-0.05, 0) is 35.9 Å². The Kier molecular flexibility index (Phi) is 3.16. The monoisotopic (exact) mass is 269 g/mol. The normalized spacial score (nSPS) is 11.3. The summed E-state index contributed by atoms with van der Waals surface area (Å²) in [6, 6.07) is 12.7. The van der Waals surface area contributed by atoms with Gasteiger partial charge in [0.2, 0.25) is 0 Å². The number of hydrogen-bond acceptors (Lipinski definition) is 1. The Hall–Kier alpha value is -1.60. The molecular weight excluding hydrogens is 254 g/mol. The van der Waals surface area contributed by atoms with Gasteiger partial charge < -0.3 is 0 Å². The zero-order valence-corrected chi connectivity index (χ0v) is 12.0. The van der Waals surface area contributed by atoms with Gasteiger partial charge in [-0.1, -0.05) is 49.7 Å². The second-order valence-electron chi connectivity index (χ2n) is 4.82. The molecule has 96 valence electrons. The summed E-state index contributed by atoms with van der Waals surface area (Å²) in [6.07, 6.45) is 1.94. The van der Waals surface area contributed by atoms with Crippen molar-refractivity contribution in [2.75, 3.05) is 0 Å². The number of pyridine rings is 1. The first kappa shape index (κ1) is 12.4. The van der Waals surface area contributed by atoms with E-state index in [9.17, 15) is 0 Å². The molecule has 0 amide bonds. The molecule has 0 bridgehead atoms. The molecule has 2 aromatic carbocycles. The van der Waals surface area contributed by atoms with Gasteiger partial charge in [-0.15, -0.1) is 0 Å². The highest BCUT2D eigenvalue weighted by Crippen LogP contribution is 2.30. The van der Waals surface area contributed by atoms with Gasteiger partial charge in [0.25, 0.3) is 0 Å². The standard InChI is InChI=1S/C17H16ClN/c1-3-11-5-6-12-7-8-14-16(18)10-13(4-2)19-17(14)15(12)9-11/h5-10H,3-4H2,1-2H3. The molecule has 0 N–H and O–H groups in total. The van der Waals surface area contributed by atoms with Crippen molar-refractivity contribution in [3.63, 3.8) is 0 Å². The molecule has 0 aliphatic rings. The zero-order chi connectivity index (χ0) is 13.4. The van der Waals surface area contributed by atoms with Gasteiger partial charge in [0.15, 0.2) is 0 Å². The van der Waals surface area contributed by atoms with Crippen molar-refractivity contribution in [3.8, 4) is 0 Å². The van der Waals surface area contributed by atoms with Crippen LogP contribution in [0.2, 0.25) is 5.02 Å². The highest BCUT2D eigenvalue weighted by molar-refractivity contribution is 6.36. The van der Waals surface area contributed by atoms with Gasteiger partial charge in [0, 0.05) is 16.5 Å². The van der Waals surface area contributed by atoms with Crippen LogP contribution in [0.5, 0.6) is 0 Å². The Balaban J connectivity index is 2.45. The van der Waals surface area contributed by atoms with Crippen molar-refractivity contribution in [2.45, 2.75) is 26.7 Å². The van der Waals surface area contributed by atoms with Crippen LogP contribution in [0.15, 0.2) is 36.4 Å². The van der Waals surface area contributed by atoms with Crippen molar-refractivity contribution in [1.29, 1.82) is 0 Å². The van der Waals surface area contributed by atoms with Crippen molar-refractivity contribution in [1.82, 2.24) is 4.98 Å². The molecule has 1 aromatic heterocycles. The van der Waals surface area contributed by atoms with E-state index >= 15 is 0 Å². The Morgan fingerprint density at radius 2 is 1.74 bits per heavy atom. The molecule has 0 unspecified atom stereocenters. The lowest BCUT2D eigenvalue weighted by Crippen LogP contribution is -1.91. The number of hydrogen-bond donors (Lipinski definition) is 0. The largest absolute Gasteiger partial charge is 0.252 e. The molecule has 0 aliphatic carbocycles. The van der Waals surface area contributed by atoms with E-state index in [0.717, 1.165) is 34.5 Å². The summed E-state index contributed by atoms with van der Waals surface area (Å²) < 4.78 is 0. The summed E-state index contributed by atoms with van der Waals surface area (Å²) >= 11 is 6.38. The van der Waals surface area contributed by atoms with Gasteiger partial charge in [0.05, 0.1) is 10.5 Å². The molecule has 0 atom stereocenters. The van der Waals surface area contributed by atoms with E-state index < -0.39 is 0 Å². The van der Waals surface area contributed by atoms with E-state index in [2.05, 4.69) is 44.2 Å². The highest BCUT2D eigenvalue weighted by atomic mass is 35.5. The maximum Gasteiger partial charge on any atom is 0.0798 e. The summed E-state index contributed by atoms with van der Waals surface area (Å²) in [5.74, 6) is 0. The van der Waals surface area contributed by atoms with Crippen LogP contribution in [0.3, 0.4) is 0 Å². The van der Waals surface area contributed by atoms with Crippen molar-refractivity contribution in [2.24, 2.45) is 0 Å². The van der Waals surface area contributed by atoms with Crippen molar-refractivity contribution >= 4 is 33.3 Å². The lowest BCUT2D eigenvalue weighted by atomic mass is 10.0. The van der Waals surface area contributed by atoms with E-state index in [1.54, 1.807) is 0 Å². The Morgan fingerprint density at radius 1 is 0.947 bits per heavy atom. The fraction of sp³-hybridized carbons (Fsp3) is 0.235. The Labute approximate surface area is 118 Å². The molecule has 1 nitrogen and oxygen atoms in total. The van der Waals surface area contributed by atoms with Crippen LogP contribution in [0.1, 0.15) is 25.1 Å². The van der Waals surface area contributed by atoms with Gasteiger partial charge in [-0.3, -0.25) is 4.98 Å². The lowest BCUT2D eigenvalue weighted by molar-refractivity contribution is 1.06. The summed E-state index contributed by atoms with van der Waals surface area (Å²) in [4.78, 5) is 4.77. The van der Waals surface area contributed by atoms with Gasteiger partial charge in [-0.25, -0.2) is 0 Å². The molecule has 0 saturated heterocycles. The number of benzene rings is 2. The maximum absolute atomic E-state index is 6.38. The summed E-state index contributed by atoms with van der Waals surface area (Å²) in [7, 11) is 0. The van der Waals surface area contributed by atoms with Crippen LogP contribution in [-0.2, 0) is 12.8 Å². The first-order chi connectivity index (χ1) is 9.22. The minimum Gasteiger partial charge on any atom is -0.252 e. The van der Waals surface area contributed by atoms with Crippen molar-refractivity contribution in [3.05, 3.63) is 52.7 Å². The van der Waals surface area contributed by atoms with Gasteiger partial charge >= 0.3 is 0 Å². The molecule has 2 heteroatoms.